The number of benzene rings is 1. The van der Waals surface area contributed by atoms with Crippen LogP contribution in [0.3, 0.4) is 0 Å². The second-order valence-corrected chi connectivity index (χ2v) is 6.59. The Morgan fingerprint density at radius 2 is 1.46 bits per heavy atom. The summed E-state index contributed by atoms with van der Waals surface area (Å²) in [5, 5.41) is 15.6. The van der Waals surface area contributed by atoms with Crippen LogP contribution in [0.2, 0.25) is 0 Å². The van der Waals surface area contributed by atoms with Crippen LogP contribution in [-0.4, -0.2) is 28.3 Å². The van der Waals surface area contributed by atoms with E-state index in [1.165, 1.54) is 18.1 Å². The number of hydrogen-bond donors (Lipinski definition) is 1. The van der Waals surface area contributed by atoms with Crippen molar-refractivity contribution in [3.63, 3.8) is 0 Å². The monoisotopic (exact) mass is 430 g/mol. The maximum Gasteiger partial charge on any atom is 0.303 e. The Balaban J connectivity index is -0.000000395. The van der Waals surface area contributed by atoms with Crippen LogP contribution in [0.25, 0.3) is 0 Å². The average Bonchev–Trinajstić information content (AvgIpc) is 2.64. The SMILES string of the molecule is CC#N.CC(C)=C(Cl)N(C)Cc1ccc(C)cc1.CCC(=O)Cl.CCC(=O)O. The van der Waals surface area contributed by atoms with Crippen molar-refractivity contribution in [3.05, 3.63) is 46.1 Å². The molecule has 0 amide bonds. The summed E-state index contributed by atoms with van der Waals surface area (Å²) in [5.74, 6) is -0.745. The van der Waals surface area contributed by atoms with Gasteiger partial charge in [-0.05, 0) is 43.5 Å². The van der Waals surface area contributed by atoms with Gasteiger partial charge in [0.1, 0.15) is 5.16 Å². The lowest BCUT2D eigenvalue weighted by Crippen LogP contribution is -2.14. The lowest BCUT2D eigenvalue weighted by atomic mass is 10.1. The van der Waals surface area contributed by atoms with Crippen LogP contribution in [0.4, 0.5) is 0 Å². The van der Waals surface area contributed by atoms with Gasteiger partial charge in [0.15, 0.2) is 0 Å². The zero-order valence-electron chi connectivity index (χ0n) is 17.8. The van der Waals surface area contributed by atoms with Gasteiger partial charge in [-0.2, -0.15) is 5.26 Å². The number of halogens is 2. The van der Waals surface area contributed by atoms with Crippen molar-refractivity contribution in [3.8, 4) is 6.07 Å². The summed E-state index contributed by atoms with van der Waals surface area (Å²) in [6.45, 7) is 11.7. The molecule has 0 bridgehead atoms. The molecule has 0 aliphatic carbocycles. The molecule has 0 atom stereocenters. The van der Waals surface area contributed by atoms with E-state index in [0.29, 0.717) is 6.42 Å². The molecule has 28 heavy (non-hydrogen) atoms. The molecule has 1 N–H and O–H groups in total. The molecule has 0 radical (unpaired) electrons. The fourth-order valence-electron chi connectivity index (χ4n) is 1.42. The first kappa shape index (κ1) is 30.7. The first-order chi connectivity index (χ1) is 13.0. The Morgan fingerprint density at radius 3 is 1.71 bits per heavy atom. The van der Waals surface area contributed by atoms with Gasteiger partial charge in [-0.25, -0.2) is 0 Å². The molecule has 158 valence electrons. The van der Waals surface area contributed by atoms with E-state index < -0.39 is 5.97 Å². The van der Waals surface area contributed by atoms with Crippen molar-refractivity contribution in [2.24, 2.45) is 0 Å². The first-order valence-corrected chi connectivity index (χ1v) is 9.52. The van der Waals surface area contributed by atoms with Crippen molar-refractivity contribution in [1.82, 2.24) is 4.90 Å². The van der Waals surface area contributed by atoms with Crippen molar-refractivity contribution in [2.45, 2.75) is 60.9 Å². The maximum atomic E-state index is 9.58. The Kier molecular flexibility index (Phi) is 21.6. The van der Waals surface area contributed by atoms with E-state index in [0.717, 1.165) is 17.3 Å². The summed E-state index contributed by atoms with van der Waals surface area (Å²) >= 11 is 11.0. The van der Waals surface area contributed by atoms with E-state index in [1.807, 2.05) is 20.9 Å². The largest absolute Gasteiger partial charge is 0.481 e. The summed E-state index contributed by atoms with van der Waals surface area (Å²) in [5.41, 5.74) is 3.71. The molecule has 0 unspecified atom stereocenters. The molecule has 1 aromatic carbocycles. The molecule has 0 aromatic heterocycles. The molecule has 0 fully saturated rings. The number of carbonyl (C=O) groups excluding carboxylic acids is 1. The zero-order valence-corrected chi connectivity index (χ0v) is 19.4. The Bertz CT molecular complexity index is 618. The molecule has 0 aliphatic rings. The highest BCUT2D eigenvalue weighted by Gasteiger charge is 2.03. The molecule has 0 spiro atoms. The molecule has 1 rings (SSSR count). The average molecular weight is 431 g/mol. The standard InChI is InChI=1S/C13H18ClN.C3H5ClO.C3H6O2.C2H3N/c1-10(2)13(14)15(4)9-12-7-5-11(3)6-8-12;2*1-2-3(4)5;1-2-3/h5-8H,9H2,1-4H3;2H2,1H3;2H2,1H3,(H,4,5);1H3. The van der Waals surface area contributed by atoms with Gasteiger partial charge < -0.3 is 10.0 Å². The third-order valence-electron chi connectivity index (χ3n) is 2.87. The van der Waals surface area contributed by atoms with Crippen LogP contribution in [0.5, 0.6) is 0 Å². The predicted octanol–water partition coefficient (Wildman–Crippen LogP) is 6.09. The van der Waals surface area contributed by atoms with E-state index >= 15 is 0 Å². The smallest absolute Gasteiger partial charge is 0.303 e. The van der Waals surface area contributed by atoms with Crippen molar-refractivity contribution >= 4 is 34.4 Å². The quantitative estimate of drug-likeness (QED) is 0.451. The number of hydrogen-bond acceptors (Lipinski definition) is 4. The van der Waals surface area contributed by atoms with E-state index in [4.69, 9.17) is 33.6 Å². The number of carbonyl (C=O) groups is 2. The number of carboxylic acids is 1. The number of rotatable bonds is 5. The highest BCUT2D eigenvalue weighted by atomic mass is 35.5. The molecule has 0 aliphatic heterocycles. The fraction of sp³-hybridized carbons (Fsp3) is 0.476. The minimum Gasteiger partial charge on any atom is -0.481 e. The summed E-state index contributed by atoms with van der Waals surface area (Å²) in [4.78, 5) is 21.0. The van der Waals surface area contributed by atoms with Crippen LogP contribution in [0.15, 0.2) is 35.0 Å². The Labute approximate surface area is 179 Å². The number of allylic oxidation sites excluding steroid dienone is 1. The third-order valence-corrected chi connectivity index (χ3v) is 3.80. The summed E-state index contributed by atoms with van der Waals surface area (Å²) < 4.78 is 0. The lowest BCUT2D eigenvalue weighted by molar-refractivity contribution is -0.136. The van der Waals surface area contributed by atoms with Crippen LogP contribution >= 0.6 is 23.2 Å². The topological polar surface area (TPSA) is 81.4 Å². The molecule has 5 nitrogen and oxygen atoms in total. The third kappa shape index (κ3) is 22.0. The molecule has 0 saturated heterocycles. The molecular formula is C21H32Cl2N2O3. The molecular weight excluding hydrogens is 399 g/mol. The number of nitriles is 1. The second kappa shape index (κ2) is 19.7. The Hall–Kier alpha value is -2.03. The second-order valence-electron chi connectivity index (χ2n) is 5.81. The molecule has 1 aromatic rings. The molecule has 0 heterocycles. The highest BCUT2D eigenvalue weighted by molar-refractivity contribution is 6.63. The number of aliphatic carboxylic acids is 1. The van der Waals surface area contributed by atoms with Crippen LogP contribution in [-0.2, 0) is 16.1 Å². The number of carboxylic acid groups (broad SMARTS) is 1. The highest BCUT2D eigenvalue weighted by Crippen LogP contribution is 2.16. The van der Waals surface area contributed by atoms with E-state index in [2.05, 4.69) is 36.1 Å². The number of aryl methyl sites for hydroxylation is 1. The summed E-state index contributed by atoms with van der Waals surface area (Å²) in [6.07, 6.45) is 0.654. The van der Waals surface area contributed by atoms with Crippen LogP contribution in [0.1, 0.15) is 58.6 Å². The lowest BCUT2D eigenvalue weighted by Gasteiger charge is -2.19. The van der Waals surface area contributed by atoms with E-state index in [-0.39, 0.29) is 11.7 Å². The van der Waals surface area contributed by atoms with Gasteiger partial charge in [0.2, 0.25) is 5.24 Å². The number of nitrogens with zero attached hydrogens (tertiary/aromatic N) is 2. The van der Waals surface area contributed by atoms with Gasteiger partial charge >= 0.3 is 5.97 Å². The van der Waals surface area contributed by atoms with Crippen LogP contribution < -0.4 is 0 Å². The van der Waals surface area contributed by atoms with Crippen LogP contribution in [0, 0.1) is 18.3 Å². The van der Waals surface area contributed by atoms with E-state index in [9.17, 15) is 9.59 Å². The van der Waals surface area contributed by atoms with Crippen molar-refractivity contribution in [1.29, 1.82) is 5.26 Å². The van der Waals surface area contributed by atoms with Gasteiger partial charge in [-0.3, -0.25) is 9.59 Å². The van der Waals surface area contributed by atoms with Gasteiger partial charge in [-0.15, -0.1) is 0 Å². The summed E-state index contributed by atoms with van der Waals surface area (Å²) in [7, 11) is 2.01. The van der Waals surface area contributed by atoms with Gasteiger partial charge in [0.25, 0.3) is 0 Å². The van der Waals surface area contributed by atoms with Gasteiger partial charge in [-0.1, -0.05) is 55.3 Å². The molecule has 0 saturated carbocycles. The van der Waals surface area contributed by atoms with Gasteiger partial charge in [0, 0.05) is 33.4 Å². The maximum absolute atomic E-state index is 9.58. The van der Waals surface area contributed by atoms with Crippen molar-refractivity contribution < 1.29 is 14.7 Å². The minimum atomic E-state index is -0.745. The van der Waals surface area contributed by atoms with Gasteiger partial charge in [0.05, 0.1) is 6.07 Å². The fourth-order valence-corrected chi connectivity index (χ4v) is 1.48. The Morgan fingerprint density at radius 1 is 1.11 bits per heavy atom. The molecule has 7 heteroatoms. The summed E-state index contributed by atoms with van der Waals surface area (Å²) in [6, 6.07) is 10.3. The zero-order chi connectivity index (χ0) is 22.7. The first-order valence-electron chi connectivity index (χ1n) is 8.77. The normalized spacial score (nSPS) is 8.29. The van der Waals surface area contributed by atoms with Crippen molar-refractivity contribution in [2.75, 3.05) is 7.05 Å². The minimum absolute atomic E-state index is 0.222. The predicted molar refractivity (Wildman–Crippen MR) is 117 cm³/mol. The van der Waals surface area contributed by atoms with E-state index in [1.54, 1.807) is 19.9 Å².